The largest absolute Gasteiger partial charge is 0.507 e. The van der Waals surface area contributed by atoms with Gasteiger partial charge in [-0.15, -0.1) is 0 Å². The first kappa shape index (κ1) is 19.5. The number of carbonyl (C=O) groups excluding carboxylic acids is 1. The summed E-state index contributed by atoms with van der Waals surface area (Å²) in [4.78, 5) is 24.8. The molecule has 8 heteroatoms. The number of carbonyl (C=O) groups is 1. The van der Waals surface area contributed by atoms with Gasteiger partial charge in [-0.25, -0.2) is 5.43 Å². The third kappa shape index (κ3) is 5.14. The molecule has 1 heterocycles. The molecule has 0 unspecified atom stereocenters. The number of nitrogens with one attached hydrogen (secondary N) is 1. The van der Waals surface area contributed by atoms with Crippen molar-refractivity contribution in [2.45, 2.75) is 19.4 Å². The number of para-hydroxylation sites is 1. The van der Waals surface area contributed by atoms with E-state index in [4.69, 9.17) is 0 Å². The summed E-state index contributed by atoms with van der Waals surface area (Å²) in [6.07, 6.45) is 2.88. The molecule has 2 N–H and O–H groups in total. The van der Waals surface area contributed by atoms with E-state index in [1.165, 1.54) is 18.3 Å². The van der Waals surface area contributed by atoms with Crippen molar-refractivity contribution in [2.24, 2.45) is 11.0 Å². The second-order valence-corrected chi connectivity index (χ2v) is 6.77. The second-order valence-electron chi connectivity index (χ2n) is 6.77. The molecule has 0 atom stereocenters. The molecule has 2 aromatic carbocycles. The van der Waals surface area contributed by atoms with Gasteiger partial charge in [-0.05, 0) is 43.6 Å². The number of hydrogen-bond acceptors (Lipinski definition) is 6. The van der Waals surface area contributed by atoms with Crippen LogP contribution in [0.1, 0.15) is 24.0 Å². The normalized spacial score (nSPS) is 15.6. The number of nitro benzene ring substituents is 1. The number of phenolic OH excluding ortho intramolecular Hbond substituents is 1. The lowest BCUT2D eigenvalue weighted by atomic mass is 9.96. The maximum atomic E-state index is 12.3. The van der Waals surface area contributed by atoms with Crippen molar-refractivity contribution in [1.82, 2.24) is 10.3 Å². The SMILES string of the molecule is O=C(N/N=C/c1ccccc1O)C1CCN(Cc2ccc([N+](=O)[O-])cc2)CC1. The summed E-state index contributed by atoms with van der Waals surface area (Å²) in [7, 11) is 0. The van der Waals surface area contributed by atoms with Crippen LogP contribution in [0.5, 0.6) is 5.75 Å². The van der Waals surface area contributed by atoms with Crippen molar-refractivity contribution >= 4 is 17.8 Å². The van der Waals surface area contributed by atoms with Crippen LogP contribution in [0.25, 0.3) is 0 Å². The van der Waals surface area contributed by atoms with Crippen LogP contribution in [0.15, 0.2) is 53.6 Å². The molecule has 1 aliphatic heterocycles. The number of benzene rings is 2. The lowest BCUT2D eigenvalue weighted by Gasteiger charge is -2.30. The fourth-order valence-electron chi connectivity index (χ4n) is 3.19. The van der Waals surface area contributed by atoms with Crippen LogP contribution < -0.4 is 5.43 Å². The summed E-state index contributed by atoms with van der Waals surface area (Å²) in [5.41, 5.74) is 4.19. The Morgan fingerprint density at radius 3 is 2.54 bits per heavy atom. The van der Waals surface area contributed by atoms with E-state index >= 15 is 0 Å². The third-order valence-electron chi connectivity index (χ3n) is 4.83. The molecule has 0 spiro atoms. The quantitative estimate of drug-likeness (QED) is 0.454. The molecule has 0 aliphatic carbocycles. The Balaban J connectivity index is 1.45. The lowest BCUT2D eigenvalue weighted by Crippen LogP contribution is -2.39. The average Bonchev–Trinajstić information content (AvgIpc) is 2.70. The van der Waals surface area contributed by atoms with Gasteiger partial charge in [0, 0.05) is 30.2 Å². The number of nitrogens with zero attached hydrogens (tertiary/aromatic N) is 3. The number of aromatic hydroxyl groups is 1. The van der Waals surface area contributed by atoms with Crippen molar-refractivity contribution in [3.63, 3.8) is 0 Å². The van der Waals surface area contributed by atoms with Crippen molar-refractivity contribution in [3.05, 3.63) is 69.8 Å². The van der Waals surface area contributed by atoms with E-state index in [0.29, 0.717) is 12.1 Å². The molecule has 0 saturated carbocycles. The van der Waals surface area contributed by atoms with Crippen LogP contribution in [0.3, 0.4) is 0 Å². The Hall–Kier alpha value is -3.26. The van der Waals surface area contributed by atoms with Gasteiger partial charge in [0.1, 0.15) is 5.75 Å². The summed E-state index contributed by atoms with van der Waals surface area (Å²) in [6.45, 7) is 2.26. The van der Waals surface area contributed by atoms with E-state index in [-0.39, 0.29) is 23.3 Å². The zero-order chi connectivity index (χ0) is 19.9. The Labute approximate surface area is 162 Å². The van der Waals surface area contributed by atoms with Gasteiger partial charge >= 0.3 is 0 Å². The number of hydrazone groups is 1. The number of piperidine rings is 1. The Kier molecular flexibility index (Phi) is 6.33. The molecule has 8 nitrogen and oxygen atoms in total. The fourth-order valence-corrected chi connectivity index (χ4v) is 3.19. The minimum atomic E-state index is -0.407. The Bertz CT molecular complexity index is 859. The first-order valence-electron chi connectivity index (χ1n) is 9.09. The summed E-state index contributed by atoms with van der Waals surface area (Å²) in [6, 6.07) is 13.3. The number of hydrogen-bond donors (Lipinski definition) is 2. The van der Waals surface area contributed by atoms with E-state index in [2.05, 4.69) is 15.4 Å². The molecular weight excluding hydrogens is 360 g/mol. The van der Waals surface area contributed by atoms with Crippen molar-refractivity contribution < 1.29 is 14.8 Å². The minimum Gasteiger partial charge on any atom is -0.507 e. The summed E-state index contributed by atoms with van der Waals surface area (Å²) in [5, 5.41) is 24.3. The third-order valence-corrected chi connectivity index (χ3v) is 4.83. The van der Waals surface area contributed by atoms with E-state index in [9.17, 15) is 20.0 Å². The summed E-state index contributed by atoms with van der Waals surface area (Å²) in [5.74, 6) is -0.115. The van der Waals surface area contributed by atoms with E-state index in [0.717, 1.165) is 31.5 Å². The molecule has 146 valence electrons. The maximum Gasteiger partial charge on any atom is 0.269 e. The minimum absolute atomic E-state index is 0.0866. The van der Waals surface area contributed by atoms with Gasteiger partial charge in [0.2, 0.25) is 5.91 Å². The van der Waals surface area contributed by atoms with Gasteiger partial charge in [0.05, 0.1) is 11.1 Å². The van der Waals surface area contributed by atoms with Crippen molar-refractivity contribution in [1.29, 1.82) is 0 Å². The van der Waals surface area contributed by atoms with E-state index < -0.39 is 4.92 Å². The summed E-state index contributed by atoms with van der Waals surface area (Å²) >= 11 is 0. The zero-order valence-corrected chi connectivity index (χ0v) is 15.3. The van der Waals surface area contributed by atoms with Crippen LogP contribution in [0.2, 0.25) is 0 Å². The highest BCUT2D eigenvalue weighted by Crippen LogP contribution is 2.20. The van der Waals surface area contributed by atoms with Crippen LogP contribution in [-0.4, -0.2) is 40.1 Å². The van der Waals surface area contributed by atoms with Gasteiger partial charge < -0.3 is 5.11 Å². The van der Waals surface area contributed by atoms with E-state index in [1.54, 1.807) is 36.4 Å². The number of nitro groups is 1. The molecule has 3 rings (SSSR count). The van der Waals surface area contributed by atoms with Gasteiger partial charge in [0.15, 0.2) is 0 Å². The summed E-state index contributed by atoms with van der Waals surface area (Å²) < 4.78 is 0. The highest BCUT2D eigenvalue weighted by atomic mass is 16.6. The number of likely N-dealkylation sites (tertiary alicyclic amines) is 1. The first-order chi connectivity index (χ1) is 13.5. The Morgan fingerprint density at radius 1 is 1.21 bits per heavy atom. The highest BCUT2D eigenvalue weighted by Gasteiger charge is 2.24. The predicted octanol–water partition coefficient (Wildman–Crippen LogP) is 2.66. The van der Waals surface area contributed by atoms with Crippen molar-refractivity contribution in [3.8, 4) is 5.75 Å². The Morgan fingerprint density at radius 2 is 1.89 bits per heavy atom. The van der Waals surface area contributed by atoms with Crippen LogP contribution in [0, 0.1) is 16.0 Å². The average molecular weight is 382 g/mol. The maximum absolute atomic E-state index is 12.3. The molecule has 1 fully saturated rings. The predicted molar refractivity (Wildman–Crippen MR) is 105 cm³/mol. The molecule has 1 aliphatic rings. The van der Waals surface area contributed by atoms with Gasteiger partial charge in [-0.2, -0.15) is 5.10 Å². The molecule has 1 saturated heterocycles. The van der Waals surface area contributed by atoms with Crippen LogP contribution in [-0.2, 0) is 11.3 Å². The van der Waals surface area contributed by atoms with Gasteiger partial charge in [-0.3, -0.25) is 19.8 Å². The molecule has 1 amide bonds. The molecule has 0 aromatic heterocycles. The molecule has 28 heavy (non-hydrogen) atoms. The lowest BCUT2D eigenvalue weighted by molar-refractivity contribution is -0.384. The molecule has 2 aromatic rings. The van der Waals surface area contributed by atoms with Crippen LogP contribution in [0.4, 0.5) is 5.69 Å². The highest BCUT2D eigenvalue weighted by molar-refractivity contribution is 5.85. The van der Waals surface area contributed by atoms with Gasteiger partial charge in [0.25, 0.3) is 5.69 Å². The number of rotatable bonds is 6. The van der Waals surface area contributed by atoms with Gasteiger partial charge in [-0.1, -0.05) is 24.3 Å². The molecular formula is C20H22N4O4. The number of phenols is 1. The molecule has 0 bridgehead atoms. The number of non-ortho nitro benzene ring substituents is 1. The van der Waals surface area contributed by atoms with E-state index in [1.807, 2.05) is 0 Å². The standard InChI is InChI=1S/C20H22N4O4/c25-19-4-2-1-3-17(19)13-21-22-20(26)16-9-11-23(12-10-16)14-15-5-7-18(8-6-15)24(27)28/h1-8,13,16,25H,9-12,14H2,(H,22,26)/b21-13+. The number of amides is 1. The topological polar surface area (TPSA) is 108 Å². The smallest absolute Gasteiger partial charge is 0.269 e. The zero-order valence-electron chi connectivity index (χ0n) is 15.3. The first-order valence-corrected chi connectivity index (χ1v) is 9.09. The van der Waals surface area contributed by atoms with Crippen molar-refractivity contribution in [2.75, 3.05) is 13.1 Å². The second kappa shape index (κ2) is 9.09. The van der Waals surface area contributed by atoms with Crippen LogP contribution >= 0.6 is 0 Å². The monoisotopic (exact) mass is 382 g/mol. The molecule has 0 radical (unpaired) electrons. The fraction of sp³-hybridized carbons (Fsp3) is 0.300.